The van der Waals surface area contributed by atoms with Gasteiger partial charge in [-0.2, -0.15) is 10.2 Å². The van der Waals surface area contributed by atoms with Gasteiger partial charge in [0.2, 0.25) is 0 Å². The molecule has 0 unspecified atom stereocenters. The molecule has 1 aromatic carbocycles. The Morgan fingerprint density at radius 2 is 1.76 bits per heavy atom. The zero-order valence-electron chi connectivity index (χ0n) is 19.4. The molecule has 0 atom stereocenters. The molecule has 7 nitrogen and oxygen atoms in total. The summed E-state index contributed by atoms with van der Waals surface area (Å²) in [6.07, 6.45) is 3.55. The maximum atomic E-state index is 6.36. The van der Waals surface area contributed by atoms with Crippen LogP contribution in [0.3, 0.4) is 0 Å². The fourth-order valence-electron chi connectivity index (χ4n) is 3.99. The number of pyridine rings is 1. The third-order valence-electron chi connectivity index (χ3n) is 5.79. The summed E-state index contributed by atoms with van der Waals surface area (Å²) in [5.41, 5.74) is 5.43. The average Bonchev–Trinajstić information content (AvgIpc) is 3.26. The van der Waals surface area contributed by atoms with Crippen LogP contribution in [-0.4, -0.2) is 41.1 Å². The fourth-order valence-corrected chi connectivity index (χ4v) is 4.50. The van der Waals surface area contributed by atoms with Crippen LogP contribution >= 0.6 is 23.8 Å². The van der Waals surface area contributed by atoms with E-state index < -0.39 is 0 Å². The molecule has 3 heterocycles. The van der Waals surface area contributed by atoms with Crippen molar-refractivity contribution in [3.8, 4) is 11.4 Å². The zero-order chi connectivity index (χ0) is 23.5. The molecule has 0 amide bonds. The molecule has 4 aromatic rings. The second-order valence-corrected chi connectivity index (χ2v) is 8.91. The highest BCUT2D eigenvalue weighted by molar-refractivity contribution is 7.71. The summed E-state index contributed by atoms with van der Waals surface area (Å²) in [6, 6.07) is 11.8. The van der Waals surface area contributed by atoms with Gasteiger partial charge >= 0.3 is 0 Å². The first kappa shape index (κ1) is 23.4. The van der Waals surface area contributed by atoms with Gasteiger partial charge in [0.15, 0.2) is 10.6 Å². The van der Waals surface area contributed by atoms with E-state index in [1.807, 2.05) is 45.8 Å². The molecule has 0 spiro atoms. The summed E-state index contributed by atoms with van der Waals surface area (Å²) in [7, 11) is 2.07. The molecule has 172 valence electrons. The minimum absolute atomic E-state index is 0.582. The Morgan fingerprint density at radius 1 is 1.03 bits per heavy atom. The van der Waals surface area contributed by atoms with Gasteiger partial charge in [-0.1, -0.05) is 29.8 Å². The van der Waals surface area contributed by atoms with Gasteiger partial charge in [0, 0.05) is 47.3 Å². The molecule has 3 aromatic heterocycles. The molecular weight excluding hydrogens is 454 g/mol. The average molecular weight is 482 g/mol. The number of hydrogen-bond donors (Lipinski definition) is 0. The van der Waals surface area contributed by atoms with Gasteiger partial charge in [-0.25, -0.2) is 4.68 Å². The van der Waals surface area contributed by atoms with E-state index in [-0.39, 0.29) is 0 Å². The van der Waals surface area contributed by atoms with Crippen LogP contribution in [0.2, 0.25) is 5.02 Å². The number of rotatable bonds is 8. The topological polar surface area (TPSA) is 56.7 Å². The molecule has 0 saturated heterocycles. The van der Waals surface area contributed by atoms with E-state index in [1.54, 1.807) is 12.4 Å². The van der Waals surface area contributed by atoms with Crippen LogP contribution < -0.4 is 0 Å². The van der Waals surface area contributed by atoms with Gasteiger partial charge < -0.3 is 4.57 Å². The molecular formula is C24H28ClN7S. The first-order valence-corrected chi connectivity index (χ1v) is 11.7. The summed E-state index contributed by atoms with van der Waals surface area (Å²) in [6.45, 7) is 8.97. The van der Waals surface area contributed by atoms with E-state index in [0.29, 0.717) is 18.0 Å². The van der Waals surface area contributed by atoms with Crippen molar-refractivity contribution in [2.45, 2.75) is 47.1 Å². The summed E-state index contributed by atoms with van der Waals surface area (Å²) in [5.74, 6) is 0.859. The van der Waals surface area contributed by atoms with Crippen molar-refractivity contribution < 1.29 is 0 Å². The Hall–Kier alpha value is -2.81. The van der Waals surface area contributed by atoms with Crippen LogP contribution in [0.5, 0.6) is 0 Å². The highest BCUT2D eigenvalue weighted by Gasteiger charge is 2.17. The van der Waals surface area contributed by atoms with Gasteiger partial charge in [0.25, 0.3) is 0 Å². The summed E-state index contributed by atoms with van der Waals surface area (Å²) in [4.78, 5) is 6.31. The molecule has 0 saturated carbocycles. The second kappa shape index (κ2) is 9.99. The largest absolute Gasteiger partial charge is 0.300 e. The van der Waals surface area contributed by atoms with E-state index >= 15 is 0 Å². The van der Waals surface area contributed by atoms with Crippen molar-refractivity contribution >= 4 is 23.8 Å². The van der Waals surface area contributed by atoms with Crippen molar-refractivity contribution in [1.82, 2.24) is 34.0 Å². The Kier molecular flexibility index (Phi) is 7.07. The number of benzene rings is 1. The van der Waals surface area contributed by atoms with Crippen LogP contribution in [0.15, 0.2) is 48.8 Å². The minimum Gasteiger partial charge on any atom is -0.300 e. The van der Waals surface area contributed by atoms with Gasteiger partial charge in [-0.15, -0.1) is 0 Å². The molecule has 0 N–H and O–H groups in total. The predicted octanol–water partition coefficient (Wildman–Crippen LogP) is 5.10. The number of nitrogens with zero attached hydrogens (tertiary/aromatic N) is 7. The lowest BCUT2D eigenvalue weighted by Crippen LogP contribution is -2.23. The van der Waals surface area contributed by atoms with Crippen LogP contribution in [0, 0.1) is 18.6 Å². The fraction of sp³-hybridized carbons (Fsp3) is 0.333. The maximum Gasteiger partial charge on any atom is 0.199 e. The molecule has 0 aliphatic rings. The molecule has 9 heteroatoms. The molecule has 4 rings (SSSR count). The summed E-state index contributed by atoms with van der Waals surface area (Å²) in [5, 5.41) is 10.4. The van der Waals surface area contributed by atoms with Crippen molar-refractivity contribution in [2.24, 2.45) is 0 Å². The lowest BCUT2D eigenvalue weighted by Gasteiger charge is -2.17. The molecule has 33 heavy (non-hydrogen) atoms. The van der Waals surface area contributed by atoms with Gasteiger partial charge in [-0.05, 0) is 63.8 Å². The number of hydrogen-bond acceptors (Lipinski definition) is 5. The van der Waals surface area contributed by atoms with Gasteiger partial charge in [-0.3, -0.25) is 14.6 Å². The van der Waals surface area contributed by atoms with Crippen molar-refractivity contribution in [3.05, 3.63) is 81.1 Å². The van der Waals surface area contributed by atoms with Crippen LogP contribution in [0.4, 0.5) is 0 Å². The molecule has 0 bridgehead atoms. The standard InChI is InChI=1S/C24H28ClN7S/c1-5-30-23(19-10-12-26-13-11-19)28-32(24(30)33)16-29(4)15-21-17(2)27-31(18(21)3)14-20-8-6-7-9-22(20)25/h6-13H,5,14-16H2,1-4H3. The lowest BCUT2D eigenvalue weighted by atomic mass is 10.2. The van der Waals surface area contributed by atoms with Gasteiger partial charge in [0.1, 0.15) is 0 Å². The van der Waals surface area contributed by atoms with E-state index in [1.165, 1.54) is 5.56 Å². The van der Waals surface area contributed by atoms with Crippen molar-refractivity contribution in [3.63, 3.8) is 0 Å². The summed E-state index contributed by atoms with van der Waals surface area (Å²) < 4.78 is 6.67. The Balaban J connectivity index is 1.54. The minimum atomic E-state index is 0.582. The Morgan fingerprint density at radius 3 is 2.45 bits per heavy atom. The number of aromatic nitrogens is 6. The second-order valence-electron chi connectivity index (χ2n) is 8.14. The number of aryl methyl sites for hydroxylation is 1. The maximum absolute atomic E-state index is 6.36. The third kappa shape index (κ3) is 4.93. The number of halogens is 1. The smallest absolute Gasteiger partial charge is 0.199 e. The normalized spacial score (nSPS) is 11.5. The van der Waals surface area contributed by atoms with Crippen molar-refractivity contribution in [2.75, 3.05) is 7.05 Å². The van der Waals surface area contributed by atoms with Crippen molar-refractivity contribution in [1.29, 1.82) is 0 Å². The first-order chi connectivity index (χ1) is 15.9. The van der Waals surface area contributed by atoms with E-state index in [0.717, 1.165) is 46.5 Å². The van der Waals surface area contributed by atoms with Gasteiger partial charge in [0.05, 0.1) is 18.9 Å². The quantitative estimate of drug-likeness (QED) is 0.328. The van der Waals surface area contributed by atoms with E-state index in [9.17, 15) is 0 Å². The Bertz CT molecular complexity index is 1310. The Labute approximate surface area is 204 Å². The molecule has 0 aliphatic heterocycles. The highest BCUT2D eigenvalue weighted by atomic mass is 35.5. The highest BCUT2D eigenvalue weighted by Crippen LogP contribution is 2.21. The zero-order valence-corrected chi connectivity index (χ0v) is 20.9. The van der Waals surface area contributed by atoms with E-state index in [2.05, 4.69) is 42.3 Å². The first-order valence-electron chi connectivity index (χ1n) is 10.9. The van der Waals surface area contributed by atoms with E-state index in [4.69, 9.17) is 34.0 Å². The molecule has 0 aliphatic carbocycles. The van der Waals surface area contributed by atoms with Crippen LogP contribution in [-0.2, 0) is 26.3 Å². The lowest BCUT2D eigenvalue weighted by molar-refractivity contribution is 0.243. The predicted molar refractivity (Wildman–Crippen MR) is 134 cm³/mol. The van der Waals surface area contributed by atoms with Crippen LogP contribution in [0.1, 0.15) is 29.4 Å². The summed E-state index contributed by atoms with van der Waals surface area (Å²) >= 11 is 12.1. The molecule has 0 radical (unpaired) electrons. The molecule has 0 fully saturated rings. The third-order valence-corrected chi connectivity index (χ3v) is 6.59. The van der Waals surface area contributed by atoms with Crippen LogP contribution in [0.25, 0.3) is 11.4 Å². The SMILES string of the molecule is CCn1c(-c2ccncc2)nn(CN(C)Cc2c(C)nn(Cc3ccccc3Cl)c2C)c1=S. The monoisotopic (exact) mass is 481 g/mol.